The Labute approximate surface area is 196 Å². The van der Waals surface area contributed by atoms with Gasteiger partial charge in [0, 0.05) is 17.3 Å². The number of nitrogens with two attached hydrogens (primary N) is 1. The zero-order chi connectivity index (χ0) is 24.5. The molecule has 0 spiro atoms. The van der Waals surface area contributed by atoms with Crippen molar-refractivity contribution in [2.75, 3.05) is 12.8 Å². The van der Waals surface area contributed by atoms with E-state index in [4.69, 9.17) is 10.5 Å². The molecule has 1 amide bonds. The number of thiazole rings is 1. The van der Waals surface area contributed by atoms with Crippen LogP contribution in [0.4, 0.5) is 18.3 Å². The summed E-state index contributed by atoms with van der Waals surface area (Å²) >= 11 is 1.34. The van der Waals surface area contributed by atoms with E-state index >= 15 is 0 Å². The Morgan fingerprint density at radius 1 is 1.15 bits per heavy atom. The number of hydrogen-bond donors (Lipinski definition) is 2. The Morgan fingerprint density at radius 3 is 2.65 bits per heavy atom. The average Bonchev–Trinajstić information content (AvgIpc) is 3.17. The molecule has 0 aliphatic heterocycles. The smallest absolute Gasteiger partial charge is 0.480 e. The van der Waals surface area contributed by atoms with Gasteiger partial charge in [-0.25, -0.2) is 9.97 Å². The third-order valence-electron chi connectivity index (χ3n) is 4.99. The van der Waals surface area contributed by atoms with E-state index in [2.05, 4.69) is 20.0 Å². The predicted molar refractivity (Wildman–Crippen MR) is 123 cm³/mol. The minimum atomic E-state index is -4.86. The summed E-state index contributed by atoms with van der Waals surface area (Å²) in [5, 5.41) is 3.14. The van der Waals surface area contributed by atoms with E-state index in [9.17, 15) is 18.0 Å². The maximum atomic E-state index is 13.1. The lowest BCUT2D eigenvalue weighted by atomic mass is 10.0. The van der Waals surface area contributed by atoms with Crippen molar-refractivity contribution in [3.8, 4) is 22.8 Å². The third-order valence-corrected chi connectivity index (χ3v) is 5.83. The van der Waals surface area contributed by atoms with E-state index in [1.165, 1.54) is 36.6 Å². The molecule has 0 saturated carbocycles. The number of methoxy groups -OCH3 is 1. The van der Waals surface area contributed by atoms with Crippen LogP contribution in [-0.2, 0) is 0 Å². The highest BCUT2D eigenvalue weighted by molar-refractivity contribution is 7.22. The number of nitrogens with zero attached hydrogens (tertiary/aromatic N) is 2. The van der Waals surface area contributed by atoms with Gasteiger partial charge in [-0.3, -0.25) is 4.79 Å². The number of anilines is 1. The van der Waals surface area contributed by atoms with E-state index in [-0.39, 0.29) is 17.0 Å². The molecule has 176 valence electrons. The fraction of sp³-hybridized carbons (Fsp3) is 0.174. The molecule has 4 rings (SSSR count). The first kappa shape index (κ1) is 23.3. The van der Waals surface area contributed by atoms with Gasteiger partial charge < -0.3 is 20.5 Å². The number of ether oxygens (including phenoxy) is 2. The van der Waals surface area contributed by atoms with Gasteiger partial charge in [-0.05, 0) is 36.8 Å². The molecular formula is C23H19F3N4O3S. The molecule has 0 radical (unpaired) electrons. The quantitative estimate of drug-likeness (QED) is 0.380. The van der Waals surface area contributed by atoms with Crippen molar-refractivity contribution in [1.29, 1.82) is 0 Å². The molecule has 0 bridgehead atoms. The van der Waals surface area contributed by atoms with Gasteiger partial charge in [-0.2, -0.15) is 0 Å². The van der Waals surface area contributed by atoms with Crippen LogP contribution in [0.5, 0.6) is 11.6 Å². The third kappa shape index (κ3) is 5.04. The van der Waals surface area contributed by atoms with Gasteiger partial charge in [0.1, 0.15) is 11.3 Å². The maximum absolute atomic E-state index is 13.1. The maximum Gasteiger partial charge on any atom is 0.573 e. The molecule has 1 unspecified atom stereocenters. The number of nitrogens with one attached hydrogen (secondary N) is 1. The highest BCUT2D eigenvalue weighted by atomic mass is 32.1. The summed E-state index contributed by atoms with van der Waals surface area (Å²) < 4.78 is 48.5. The molecule has 0 fully saturated rings. The number of fused-ring (bicyclic) bond motifs is 1. The first-order valence-electron chi connectivity index (χ1n) is 10.0. The Morgan fingerprint density at radius 2 is 1.91 bits per heavy atom. The molecule has 0 aliphatic rings. The molecule has 2 aromatic heterocycles. The van der Waals surface area contributed by atoms with Crippen molar-refractivity contribution in [2.45, 2.75) is 19.3 Å². The van der Waals surface area contributed by atoms with Gasteiger partial charge >= 0.3 is 6.36 Å². The van der Waals surface area contributed by atoms with Crippen LogP contribution in [0.25, 0.3) is 21.3 Å². The highest BCUT2D eigenvalue weighted by Crippen LogP contribution is 2.32. The Bertz CT molecular complexity index is 1360. The molecule has 34 heavy (non-hydrogen) atoms. The number of halogens is 3. The number of benzene rings is 2. The normalized spacial score (nSPS) is 12.4. The van der Waals surface area contributed by atoms with Gasteiger partial charge in [0.05, 0.1) is 23.4 Å². The molecule has 0 aliphatic carbocycles. The zero-order valence-electron chi connectivity index (χ0n) is 18.0. The van der Waals surface area contributed by atoms with E-state index in [1.807, 2.05) is 18.2 Å². The summed E-state index contributed by atoms with van der Waals surface area (Å²) in [6.45, 7) is 1.56. The number of carbonyl (C=O) groups is 1. The minimum Gasteiger partial charge on any atom is -0.480 e. The topological polar surface area (TPSA) is 99.4 Å². The van der Waals surface area contributed by atoms with Crippen LogP contribution in [0.15, 0.2) is 54.7 Å². The number of nitrogen functional groups attached to an aromatic ring is 1. The lowest BCUT2D eigenvalue weighted by Crippen LogP contribution is -2.28. The molecule has 4 aromatic rings. The van der Waals surface area contributed by atoms with Crippen molar-refractivity contribution in [1.82, 2.24) is 15.3 Å². The summed E-state index contributed by atoms with van der Waals surface area (Å²) in [4.78, 5) is 21.5. The number of amides is 1. The Kier molecular flexibility index (Phi) is 6.29. The molecule has 2 aromatic carbocycles. The first-order valence-corrected chi connectivity index (χ1v) is 10.8. The summed E-state index contributed by atoms with van der Waals surface area (Å²) in [7, 11) is 1.38. The fourth-order valence-electron chi connectivity index (χ4n) is 3.47. The molecular weight excluding hydrogens is 469 g/mol. The second-order valence-electron chi connectivity index (χ2n) is 7.30. The van der Waals surface area contributed by atoms with E-state index in [1.54, 1.807) is 25.3 Å². The van der Waals surface area contributed by atoms with Crippen molar-refractivity contribution in [3.63, 3.8) is 0 Å². The number of carbonyl (C=O) groups excluding carboxylic acids is 1. The standard InChI is InChI=1S/C23H19F3N4O3S/c1-12(15-5-3-4-6-18(15)33-23(24,25)26)29-20(31)16-9-14(11-28-21(16)32-2)13-7-8-17-19(10-13)34-22(27)30-17/h3-12H,1-2H3,(H2,27,30)(H,29,31). The second-order valence-corrected chi connectivity index (χ2v) is 8.36. The van der Waals surface area contributed by atoms with Crippen molar-refractivity contribution in [2.24, 2.45) is 0 Å². The minimum absolute atomic E-state index is 0.0800. The van der Waals surface area contributed by atoms with Crippen LogP contribution in [0.2, 0.25) is 0 Å². The second kappa shape index (κ2) is 9.18. The van der Waals surface area contributed by atoms with Crippen molar-refractivity contribution < 1.29 is 27.4 Å². The lowest BCUT2D eigenvalue weighted by molar-refractivity contribution is -0.275. The number of rotatable bonds is 6. The Balaban J connectivity index is 1.63. The van der Waals surface area contributed by atoms with Crippen LogP contribution in [0.1, 0.15) is 28.9 Å². The fourth-order valence-corrected chi connectivity index (χ4v) is 4.24. The number of hydrogen-bond acceptors (Lipinski definition) is 7. The van der Waals surface area contributed by atoms with Crippen LogP contribution in [0.3, 0.4) is 0 Å². The average molecular weight is 488 g/mol. The highest BCUT2D eigenvalue weighted by Gasteiger charge is 2.32. The predicted octanol–water partition coefficient (Wildman–Crippen LogP) is 5.34. The van der Waals surface area contributed by atoms with Crippen molar-refractivity contribution in [3.05, 3.63) is 65.9 Å². The summed E-state index contributed by atoms with van der Waals surface area (Å²) in [5.74, 6) is -0.876. The van der Waals surface area contributed by atoms with Gasteiger partial charge in [-0.1, -0.05) is 35.6 Å². The zero-order valence-corrected chi connectivity index (χ0v) is 18.8. The molecule has 2 heterocycles. The van der Waals surface area contributed by atoms with Gasteiger partial charge in [-0.15, -0.1) is 13.2 Å². The van der Waals surface area contributed by atoms with Gasteiger partial charge in [0.25, 0.3) is 5.91 Å². The number of para-hydroxylation sites is 1. The van der Waals surface area contributed by atoms with E-state index in [0.29, 0.717) is 10.7 Å². The summed E-state index contributed by atoms with van der Waals surface area (Å²) in [6.07, 6.45) is -3.29. The molecule has 3 N–H and O–H groups in total. The van der Waals surface area contributed by atoms with Crippen molar-refractivity contribution >= 4 is 32.6 Å². The van der Waals surface area contributed by atoms with E-state index in [0.717, 1.165) is 15.8 Å². The summed E-state index contributed by atoms with van der Waals surface area (Å²) in [5.41, 5.74) is 8.27. The van der Waals surface area contributed by atoms with Crippen LogP contribution < -0.4 is 20.5 Å². The molecule has 11 heteroatoms. The van der Waals surface area contributed by atoms with Gasteiger partial charge in [0.15, 0.2) is 5.13 Å². The molecule has 0 saturated heterocycles. The monoisotopic (exact) mass is 488 g/mol. The molecule has 1 atom stereocenters. The van der Waals surface area contributed by atoms with E-state index < -0.39 is 24.1 Å². The van der Waals surface area contributed by atoms with Crippen LogP contribution in [0, 0.1) is 0 Å². The Hall–Kier alpha value is -3.86. The first-order chi connectivity index (χ1) is 16.1. The van der Waals surface area contributed by atoms with Crippen LogP contribution >= 0.6 is 11.3 Å². The summed E-state index contributed by atoms with van der Waals surface area (Å²) in [6, 6.07) is 12.0. The van der Waals surface area contributed by atoms with Gasteiger partial charge in [0.2, 0.25) is 5.88 Å². The SMILES string of the molecule is COc1ncc(-c2ccc3nc(N)sc3c2)cc1C(=O)NC(C)c1ccccc1OC(F)(F)F. The van der Waals surface area contributed by atoms with Crippen LogP contribution in [-0.4, -0.2) is 29.3 Å². The number of pyridine rings is 1. The number of aromatic nitrogens is 2. The number of alkyl halides is 3. The largest absolute Gasteiger partial charge is 0.573 e. The molecule has 7 nitrogen and oxygen atoms in total. The lowest BCUT2D eigenvalue weighted by Gasteiger charge is -2.19.